The van der Waals surface area contributed by atoms with Crippen LogP contribution in [0.4, 0.5) is 0 Å². The quantitative estimate of drug-likeness (QED) is 0.499. The average Bonchev–Trinajstić information content (AvgIpc) is 2.47. The second kappa shape index (κ2) is 8.54. The van der Waals surface area contributed by atoms with Crippen LogP contribution in [0.1, 0.15) is 30.6 Å². The summed E-state index contributed by atoms with van der Waals surface area (Å²) in [5.74, 6) is 0.526. The number of amides is 1. The van der Waals surface area contributed by atoms with Gasteiger partial charge < -0.3 is 9.64 Å². The van der Waals surface area contributed by atoms with E-state index in [1.54, 1.807) is 30.2 Å². The van der Waals surface area contributed by atoms with Crippen LogP contribution in [0.5, 0.6) is 5.75 Å². The molecule has 0 aliphatic heterocycles. The van der Waals surface area contributed by atoms with Gasteiger partial charge in [0.15, 0.2) is 5.78 Å². The molecule has 1 unspecified atom stereocenters. The van der Waals surface area contributed by atoms with Gasteiger partial charge in [-0.1, -0.05) is 15.9 Å². The molecule has 0 aromatic heterocycles. The Bertz CT molecular complexity index is 516. The number of carbonyl (C=O) groups is 2. The number of rotatable bonds is 7. The molecule has 1 amide bonds. The van der Waals surface area contributed by atoms with Crippen molar-refractivity contribution in [3.63, 3.8) is 0 Å². The minimum Gasteiger partial charge on any atom is -0.496 e. The largest absolute Gasteiger partial charge is 0.496 e. The third-order valence-corrected chi connectivity index (χ3v) is 4.55. The SMILES string of the molecule is CCN(CC)C(=O)CC(Br)C(=O)c1ccc(OC)c(Br)c1. The summed E-state index contributed by atoms with van der Waals surface area (Å²) >= 11 is 6.68. The summed E-state index contributed by atoms with van der Waals surface area (Å²) in [6.45, 7) is 5.15. The molecule has 1 aromatic carbocycles. The lowest BCUT2D eigenvalue weighted by Crippen LogP contribution is -2.33. The molecule has 0 aliphatic carbocycles. The fraction of sp³-hybridized carbons (Fsp3) is 0.467. The third kappa shape index (κ3) is 4.81. The predicted octanol–water partition coefficient (Wildman–Crippen LogP) is 3.66. The molecule has 0 spiro atoms. The number of benzene rings is 1. The Morgan fingerprint density at radius 2 is 1.90 bits per heavy atom. The van der Waals surface area contributed by atoms with E-state index in [4.69, 9.17) is 4.74 Å². The van der Waals surface area contributed by atoms with Crippen molar-refractivity contribution in [1.29, 1.82) is 0 Å². The van der Waals surface area contributed by atoms with Crippen molar-refractivity contribution in [2.24, 2.45) is 0 Å². The Kier molecular flexibility index (Phi) is 7.39. The summed E-state index contributed by atoms with van der Waals surface area (Å²) in [7, 11) is 1.57. The normalized spacial score (nSPS) is 11.9. The summed E-state index contributed by atoms with van der Waals surface area (Å²) in [6, 6.07) is 5.13. The van der Waals surface area contributed by atoms with Crippen molar-refractivity contribution in [1.82, 2.24) is 4.90 Å². The molecule has 21 heavy (non-hydrogen) atoms. The van der Waals surface area contributed by atoms with Gasteiger partial charge in [-0.2, -0.15) is 0 Å². The van der Waals surface area contributed by atoms with E-state index >= 15 is 0 Å². The number of halogens is 2. The van der Waals surface area contributed by atoms with Crippen LogP contribution in [-0.2, 0) is 4.79 Å². The van der Waals surface area contributed by atoms with E-state index in [0.29, 0.717) is 28.9 Å². The van der Waals surface area contributed by atoms with Crippen molar-refractivity contribution < 1.29 is 14.3 Å². The van der Waals surface area contributed by atoms with Gasteiger partial charge in [0.2, 0.25) is 5.91 Å². The molecule has 0 fully saturated rings. The predicted molar refractivity (Wildman–Crippen MR) is 90.3 cm³/mol. The number of carbonyl (C=O) groups excluding carboxylic acids is 2. The number of nitrogens with zero attached hydrogens (tertiary/aromatic N) is 1. The van der Waals surface area contributed by atoms with E-state index in [1.165, 1.54) is 0 Å². The van der Waals surface area contributed by atoms with Crippen LogP contribution in [0.15, 0.2) is 22.7 Å². The summed E-state index contributed by atoms with van der Waals surface area (Å²) < 4.78 is 5.85. The van der Waals surface area contributed by atoms with Gasteiger partial charge in [-0.3, -0.25) is 9.59 Å². The molecule has 0 N–H and O–H groups in total. The summed E-state index contributed by atoms with van der Waals surface area (Å²) in [5, 5.41) is 0. The zero-order valence-corrected chi connectivity index (χ0v) is 15.5. The Balaban J connectivity index is 2.79. The molecule has 0 radical (unpaired) electrons. The minimum absolute atomic E-state index is 0.0252. The van der Waals surface area contributed by atoms with Crippen molar-refractivity contribution in [3.05, 3.63) is 28.2 Å². The first kappa shape index (κ1) is 18.2. The molecule has 1 aromatic rings. The molecular formula is C15H19Br2NO3. The van der Waals surface area contributed by atoms with Crippen LogP contribution < -0.4 is 4.74 Å². The van der Waals surface area contributed by atoms with E-state index < -0.39 is 4.83 Å². The van der Waals surface area contributed by atoms with E-state index in [-0.39, 0.29) is 18.1 Å². The van der Waals surface area contributed by atoms with Gasteiger partial charge >= 0.3 is 0 Å². The summed E-state index contributed by atoms with van der Waals surface area (Å²) in [6.07, 6.45) is 0.157. The Labute approximate surface area is 142 Å². The van der Waals surface area contributed by atoms with Gasteiger partial charge in [0.05, 0.1) is 16.4 Å². The lowest BCUT2D eigenvalue weighted by molar-refractivity contribution is -0.130. The number of hydrogen-bond donors (Lipinski definition) is 0. The second-order valence-corrected chi connectivity index (χ2v) is 6.41. The maximum atomic E-state index is 12.4. The number of methoxy groups -OCH3 is 1. The zero-order valence-electron chi connectivity index (χ0n) is 12.4. The maximum absolute atomic E-state index is 12.4. The van der Waals surface area contributed by atoms with Crippen LogP contribution in [-0.4, -0.2) is 41.6 Å². The zero-order chi connectivity index (χ0) is 16.0. The topological polar surface area (TPSA) is 46.6 Å². The highest BCUT2D eigenvalue weighted by atomic mass is 79.9. The fourth-order valence-electron chi connectivity index (χ4n) is 1.95. The minimum atomic E-state index is -0.522. The number of hydrogen-bond acceptors (Lipinski definition) is 3. The summed E-state index contributed by atoms with van der Waals surface area (Å²) in [5.41, 5.74) is 0.539. The van der Waals surface area contributed by atoms with E-state index in [2.05, 4.69) is 31.9 Å². The van der Waals surface area contributed by atoms with Gasteiger partial charge in [-0.05, 0) is 48.0 Å². The van der Waals surface area contributed by atoms with Crippen molar-refractivity contribution in [3.8, 4) is 5.75 Å². The lowest BCUT2D eigenvalue weighted by atomic mass is 10.1. The van der Waals surface area contributed by atoms with E-state index in [9.17, 15) is 9.59 Å². The first-order valence-corrected chi connectivity index (χ1v) is 8.45. The highest BCUT2D eigenvalue weighted by Crippen LogP contribution is 2.27. The molecule has 6 heteroatoms. The van der Waals surface area contributed by atoms with E-state index in [0.717, 1.165) is 0 Å². The number of alkyl halides is 1. The molecular weight excluding hydrogens is 402 g/mol. The van der Waals surface area contributed by atoms with Crippen LogP contribution >= 0.6 is 31.9 Å². The molecule has 0 saturated heterocycles. The van der Waals surface area contributed by atoms with Gasteiger partial charge in [0.1, 0.15) is 5.75 Å². The highest BCUT2D eigenvalue weighted by Gasteiger charge is 2.23. The van der Waals surface area contributed by atoms with Crippen molar-refractivity contribution >= 4 is 43.6 Å². The van der Waals surface area contributed by atoms with Gasteiger partial charge in [0, 0.05) is 25.1 Å². The van der Waals surface area contributed by atoms with Gasteiger partial charge in [-0.25, -0.2) is 0 Å². The number of ether oxygens (including phenoxy) is 1. The number of Topliss-reactive ketones (excluding diaryl/α,β-unsaturated/α-hetero) is 1. The van der Waals surface area contributed by atoms with Crippen LogP contribution in [0.3, 0.4) is 0 Å². The molecule has 0 saturated carbocycles. The maximum Gasteiger partial charge on any atom is 0.224 e. The number of ketones is 1. The van der Waals surface area contributed by atoms with Crippen molar-refractivity contribution in [2.75, 3.05) is 20.2 Å². The molecule has 0 heterocycles. The molecule has 0 aliphatic rings. The molecule has 1 atom stereocenters. The standard InChI is InChI=1S/C15H19Br2NO3/c1-4-18(5-2)14(19)9-12(17)15(20)10-6-7-13(21-3)11(16)8-10/h6-8,12H,4-5,9H2,1-3H3. The first-order valence-electron chi connectivity index (χ1n) is 6.74. The third-order valence-electron chi connectivity index (χ3n) is 3.19. The molecule has 4 nitrogen and oxygen atoms in total. The van der Waals surface area contributed by atoms with Crippen LogP contribution in [0.25, 0.3) is 0 Å². The van der Waals surface area contributed by atoms with Crippen LogP contribution in [0, 0.1) is 0 Å². The smallest absolute Gasteiger partial charge is 0.224 e. The fourth-order valence-corrected chi connectivity index (χ4v) is 3.03. The van der Waals surface area contributed by atoms with Crippen molar-refractivity contribution in [2.45, 2.75) is 25.1 Å². The van der Waals surface area contributed by atoms with Gasteiger partial charge in [-0.15, -0.1) is 0 Å². The van der Waals surface area contributed by atoms with Gasteiger partial charge in [0.25, 0.3) is 0 Å². The average molecular weight is 421 g/mol. The second-order valence-electron chi connectivity index (χ2n) is 4.45. The molecule has 0 bridgehead atoms. The molecule has 116 valence electrons. The molecule has 1 rings (SSSR count). The monoisotopic (exact) mass is 419 g/mol. The Morgan fingerprint density at radius 3 is 2.38 bits per heavy atom. The highest BCUT2D eigenvalue weighted by molar-refractivity contribution is 9.10. The first-order chi connectivity index (χ1) is 9.94. The Hall–Kier alpha value is -0.880. The van der Waals surface area contributed by atoms with Crippen LogP contribution in [0.2, 0.25) is 0 Å². The summed E-state index contributed by atoms with van der Waals surface area (Å²) in [4.78, 5) is 25.6. The Morgan fingerprint density at radius 1 is 1.29 bits per heavy atom. The lowest BCUT2D eigenvalue weighted by Gasteiger charge is -2.20. The van der Waals surface area contributed by atoms with E-state index in [1.807, 2.05) is 13.8 Å².